The van der Waals surface area contributed by atoms with Gasteiger partial charge < -0.3 is 4.90 Å². The van der Waals surface area contributed by atoms with Crippen molar-refractivity contribution in [2.45, 2.75) is 134 Å². The monoisotopic (exact) mass is 321 g/mol. The van der Waals surface area contributed by atoms with E-state index in [4.69, 9.17) is 0 Å². The van der Waals surface area contributed by atoms with Crippen molar-refractivity contribution in [2.75, 3.05) is 7.05 Å². The Hall–Kier alpha value is -0.0400. The van der Waals surface area contributed by atoms with Gasteiger partial charge in [0.25, 0.3) is 0 Å². The summed E-state index contributed by atoms with van der Waals surface area (Å²) in [6.45, 7) is 0. The highest BCUT2D eigenvalue weighted by atomic mass is 15.2. The van der Waals surface area contributed by atoms with Gasteiger partial charge >= 0.3 is 0 Å². The van der Waals surface area contributed by atoms with Crippen molar-refractivity contribution in [3.8, 4) is 0 Å². The van der Waals surface area contributed by atoms with E-state index in [0.29, 0.717) is 0 Å². The second-order valence-electron chi connectivity index (χ2n) is 8.43. The molecular weight excluding hydrogens is 278 g/mol. The van der Waals surface area contributed by atoms with E-state index in [9.17, 15) is 0 Å². The summed E-state index contributed by atoms with van der Waals surface area (Å²) in [7, 11) is 2.47. The number of nitrogens with zero attached hydrogens (tertiary/aromatic N) is 1. The van der Waals surface area contributed by atoms with Crippen LogP contribution in [0.4, 0.5) is 0 Å². The van der Waals surface area contributed by atoms with Crippen LogP contribution in [0.5, 0.6) is 0 Å². The van der Waals surface area contributed by atoms with E-state index in [1.807, 2.05) is 0 Å². The highest BCUT2D eigenvalue weighted by Gasteiger charge is 2.22. The third-order valence-electron chi connectivity index (χ3n) is 6.55. The Morgan fingerprint density at radius 1 is 0.391 bits per heavy atom. The van der Waals surface area contributed by atoms with Crippen LogP contribution in [-0.2, 0) is 0 Å². The molecule has 2 aliphatic carbocycles. The molecular formula is C22H43N. The molecule has 0 unspecified atom stereocenters. The fourth-order valence-electron chi connectivity index (χ4n) is 4.87. The molecule has 1 heteroatoms. The van der Waals surface area contributed by atoms with Crippen LogP contribution in [0.2, 0.25) is 0 Å². The van der Waals surface area contributed by atoms with Crippen LogP contribution in [0, 0.1) is 0 Å². The van der Waals surface area contributed by atoms with Crippen molar-refractivity contribution in [1.29, 1.82) is 0 Å². The first-order valence-corrected chi connectivity index (χ1v) is 11.1. The molecule has 136 valence electrons. The zero-order valence-electron chi connectivity index (χ0n) is 16.0. The standard InChI is InChI=1S/C22H43N/c1-23(22-19-15-11-7-8-12-16-20-22)21-17-13-9-5-3-2-4-6-10-14-18-21/h21-22H,2-20H2,1H3. The molecule has 0 aromatic carbocycles. The average molecular weight is 322 g/mol. The van der Waals surface area contributed by atoms with Gasteiger partial charge in [-0.3, -0.25) is 0 Å². The molecule has 1 nitrogen and oxygen atoms in total. The van der Waals surface area contributed by atoms with Crippen LogP contribution in [0.3, 0.4) is 0 Å². The molecule has 0 N–H and O–H groups in total. The second kappa shape index (κ2) is 12.3. The van der Waals surface area contributed by atoms with Crippen molar-refractivity contribution in [2.24, 2.45) is 0 Å². The van der Waals surface area contributed by atoms with Gasteiger partial charge in [-0.2, -0.15) is 0 Å². The van der Waals surface area contributed by atoms with Gasteiger partial charge in [-0.25, -0.2) is 0 Å². The fraction of sp³-hybridized carbons (Fsp3) is 1.00. The summed E-state index contributed by atoms with van der Waals surface area (Å²) in [6.07, 6.45) is 28.1. The van der Waals surface area contributed by atoms with E-state index >= 15 is 0 Å². The van der Waals surface area contributed by atoms with Gasteiger partial charge in [-0.05, 0) is 32.7 Å². The van der Waals surface area contributed by atoms with Crippen LogP contribution >= 0.6 is 0 Å². The molecule has 0 bridgehead atoms. The molecule has 2 fully saturated rings. The summed E-state index contributed by atoms with van der Waals surface area (Å²) in [4.78, 5) is 2.84. The highest BCUT2D eigenvalue weighted by Crippen LogP contribution is 2.26. The predicted molar refractivity (Wildman–Crippen MR) is 103 cm³/mol. The third kappa shape index (κ3) is 8.05. The molecule has 0 aliphatic heterocycles. The third-order valence-corrected chi connectivity index (χ3v) is 6.55. The topological polar surface area (TPSA) is 3.24 Å². The summed E-state index contributed by atoms with van der Waals surface area (Å²) in [6, 6.07) is 1.76. The zero-order chi connectivity index (χ0) is 16.2. The first-order chi connectivity index (χ1) is 11.4. The molecule has 0 aromatic rings. The Labute approximate surface area is 146 Å². The summed E-state index contributed by atoms with van der Waals surface area (Å²) >= 11 is 0. The normalized spacial score (nSPS) is 25.8. The lowest BCUT2D eigenvalue weighted by Gasteiger charge is -2.36. The lowest BCUT2D eigenvalue weighted by molar-refractivity contribution is 0.132. The second-order valence-corrected chi connectivity index (χ2v) is 8.43. The summed E-state index contributed by atoms with van der Waals surface area (Å²) in [5, 5.41) is 0. The van der Waals surface area contributed by atoms with E-state index in [1.54, 1.807) is 0 Å². The van der Waals surface area contributed by atoms with E-state index in [0.717, 1.165) is 12.1 Å². The summed E-state index contributed by atoms with van der Waals surface area (Å²) in [5.41, 5.74) is 0. The Morgan fingerprint density at radius 2 is 0.609 bits per heavy atom. The Balaban J connectivity index is 1.84. The minimum Gasteiger partial charge on any atom is -0.300 e. The maximum absolute atomic E-state index is 2.84. The molecule has 0 saturated heterocycles. The minimum atomic E-state index is 0.875. The Morgan fingerprint density at radius 3 is 0.870 bits per heavy atom. The molecule has 2 rings (SSSR count). The van der Waals surface area contributed by atoms with Crippen LogP contribution in [-0.4, -0.2) is 24.0 Å². The van der Waals surface area contributed by atoms with E-state index in [2.05, 4.69) is 11.9 Å². The largest absolute Gasteiger partial charge is 0.300 e. The van der Waals surface area contributed by atoms with Crippen LogP contribution in [0.1, 0.15) is 122 Å². The molecule has 23 heavy (non-hydrogen) atoms. The maximum atomic E-state index is 2.84. The van der Waals surface area contributed by atoms with E-state index < -0.39 is 0 Å². The summed E-state index contributed by atoms with van der Waals surface area (Å²) < 4.78 is 0. The summed E-state index contributed by atoms with van der Waals surface area (Å²) in [5.74, 6) is 0. The Bertz CT molecular complexity index is 253. The SMILES string of the molecule is CN(C1CCCCCCCCCCC1)C1CCCCCCCC1. The lowest BCUT2D eigenvalue weighted by atomic mass is 9.94. The molecule has 0 atom stereocenters. The molecule has 2 saturated carbocycles. The Kier molecular flexibility index (Phi) is 10.3. The van der Waals surface area contributed by atoms with E-state index in [-0.39, 0.29) is 0 Å². The zero-order valence-corrected chi connectivity index (χ0v) is 16.0. The number of hydrogen-bond acceptors (Lipinski definition) is 1. The highest BCUT2D eigenvalue weighted by molar-refractivity contribution is 4.78. The van der Waals surface area contributed by atoms with Gasteiger partial charge in [0.05, 0.1) is 0 Å². The van der Waals surface area contributed by atoms with Gasteiger partial charge in [0, 0.05) is 12.1 Å². The van der Waals surface area contributed by atoms with Crippen molar-refractivity contribution < 1.29 is 0 Å². The van der Waals surface area contributed by atoms with Crippen molar-refractivity contribution in [3.05, 3.63) is 0 Å². The van der Waals surface area contributed by atoms with Gasteiger partial charge in [0.15, 0.2) is 0 Å². The van der Waals surface area contributed by atoms with Crippen molar-refractivity contribution >= 4 is 0 Å². The van der Waals surface area contributed by atoms with Crippen LogP contribution < -0.4 is 0 Å². The van der Waals surface area contributed by atoms with Gasteiger partial charge in [-0.1, -0.05) is 96.3 Å². The molecule has 2 aliphatic rings. The molecule has 0 spiro atoms. The first-order valence-electron chi connectivity index (χ1n) is 11.1. The molecule has 0 amide bonds. The smallest absolute Gasteiger partial charge is 0.00951 e. The quantitative estimate of drug-likeness (QED) is 0.524. The maximum Gasteiger partial charge on any atom is 0.00951 e. The first kappa shape index (κ1) is 19.3. The van der Waals surface area contributed by atoms with Gasteiger partial charge in [0.1, 0.15) is 0 Å². The lowest BCUT2D eigenvalue weighted by Crippen LogP contribution is -2.40. The van der Waals surface area contributed by atoms with Gasteiger partial charge in [0.2, 0.25) is 0 Å². The molecule has 0 heterocycles. The minimum absolute atomic E-state index is 0.875. The van der Waals surface area contributed by atoms with Gasteiger partial charge in [-0.15, -0.1) is 0 Å². The average Bonchev–Trinajstić information content (AvgIpc) is 2.68. The molecule has 0 aromatic heterocycles. The van der Waals surface area contributed by atoms with Crippen molar-refractivity contribution in [1.82, 2.24) is 4.90 Å². The fourth-order valence-corrected chi connectivity index (χ4v) is 4.87. The predicted octanol–water partition coefficient (Wildman–Crippen LogP) is 7.09. The number of rotatable bonds is 2. The van der Waals surface area contributed by atoms with Crippen LogP contribution in [0.15, 0.2) is 0 Å². The van der Waals surface area contributed by atoms with Crippen LogP contribution in [0.25, 0.3) is 0 Å². The molecule has 0 radical (unpaired) electrons. The number of hydrogen-bond donors (Lipinski definition) is 0. The van der Waals surface area contributed by atoms with Crippen molar-refractivity contribution in [3.63, 3.8) is 0 Å². The van der Waals surface area contributed by atoms with E-state index in [1.165, 1.54) is 122 Å².